The zero-order chi connectivity index (χ0) is 17.1. The molecule has 0 radical (unpaired) electrons. The van der Waals surface area contributed by atoms with Gasteiger partial charge in [-0.15, -0.1) is 0 Å². The Balaban J connectivity index is 1.59. The van der Waals surface area contributed by atoms with Gasteiger partial charge in [-0.05, 0) is 80.5 Å². The van der Waals surface area contributed by atoms with E-state index >= 15 is 0 Å². The minimum atomic E-state index is -0.113. The van der Waals surface area contributed by atoms with E-state index in [1.807, 2.05) is 0 Å². The molecule has 132 valence electrons. The van der Waals surface area contributed by atoms with Crippen molar-refractivity contribution in [3.8, 4) is 0 Å². The summed E-state index contributed by atoms with van der Waals surface area (Å²) in [6.45, 7) is 8.90. The molecule has 4 rings (SSSR count). The largest absolute Gasteiger partial charge is 0.463 e. The van der Waals surface area contributed by atoms with Gasteiger partial charge in [0, 0.05) is 6.92 Å². The first-order valence-corrected chi connectivity index (χ1v) is 9.89. The van der Waals surface area contributed by atoms with Gasteiger partial charge in [0.05, 0.1) is 0 Å². The molecular formula is C22H32O2. The molecule has 0 bridgehead atoms. The Morgan fingerprint density at radius 1 is 1.17 bits per heavy atom. The molecule has 0 aromatic rings. The molecule has 0 heterocycles. The lowest BCUT2D eigenvalue weighted by Crippen LogP contribution is -2.48. The van der Waals surface area contributed by atoms with E-state index in [9.17, 15) is 4.79 Å². The lowest BCUT2D eigenvalue weighted by molar-refractivity contribution is -0.151. The van der Waals surface area contributed by atoms with Crippen molar-refractivity contribution in [3.63, 3.8) is 0 Å². The monoisotopic (exact) mass is 328 g/mol. The van der Waals surface area contributed by atoms with Crippen molar-refractivity contribution in [2.24, 2.45) is 28.6 Å². The maximum atomic E-state index is 11.3. The fourth-order valence-corrected chi connectivity index (χ4v) is 6.61. The average molecular weight is 328 g/mol. The van der Waals surface area contributed by atoms with Gasteiger partial charge >= 0.3 is 5.97 Å². The summed E-state index contributed by atoms with van der Waals surface area (Å²) in [5.74, 6) is 2.18. The third-order valence-electron chi connectivity index (χ3n) is 8.28. The lowest BCUT2D eigenvalue weighted by atomic mass is 9.49. The number of hydrogen-bond acceptors (Lipinski definition) is 2. The number of ether oxygens (including phenoxy) is 1. The van der Waals surface area contributed by atoms with E-state index in [4.69, 9.17) is 4.74 Å². The van der Waals surface area contributed by atoms with Gasteiger partial charge in [0.15, 0.2) is 0 Å². The van der Waals surface area contributed by atoms with Gasteiger partial charge in [-0.2, -0.15) is 0 Å². The topological polar surface area (TPSA) is 26.3 Å². The van der Waals surface area contributed by atoms with Crippen LogP contribution in [0.1, 0.15) is 72.6 Å². The Kier molecular flexibility index (Phi) is 3.75. The molecule has 2 unspecified atom stereocenters. The predicted octanol–water partition coefficient (Wildman–Crippen LogP) is 5.44. The van der Waals surface area contributed by atoms with Crippen molar-refractivity contribution < 1.29 is 9.53 Å². The van der Waals surface area contributed by atoms with Crippen LogP contribution in [-0.4, -0.2) is 12.1 Å². The number of esters is 1. The van der Waals surface area contributed by atoms with Crippen LogP contribution in [0.2, 0.25) is 0 Å². The fraction of sp³-hybridized carbons (Fsp3) is 0.773. The third-order valence-corrected chi connectivity index (χ3v) is 8.28. The van der Waals surface area contributed by atoms with Crippen LogP contribution in [0.3, 0.4) is 0 Å². The fourth-order valence-electron chi connectivity index (χ4n) is 6.61. The maximum absolute atomic E-state index is 11.3. The highest BCUT2D eigenvalue weighted by Gasteiger charge is 2.54. The van der Waals surface area contributed by atoms with E-state index in [1.54, 1.807) is 18.1 Å². The summed E-state index contributed by atoms with van der Waals surface area (Å²) in [5, 5.41) is 0. The van der Waals surface area contributed by atoms with E-state index < -0.39 is 0 Å². The van der Waals surface area contributed by atoms with Crippen molar-refractivity contribution in [2.75, 3.05) is 0 Å². The highest BCUT2D eigenvalue weighted by atomic mass is 16.5. The first-order valence-electron chi connectivity index (χ1n) is 9.89. The van der Waals surface area contributed by atoms with Crippen molar-refractivity contribution in [1.29, 1.82) is 0 Å². The number of carbonyl (C=O) groups is 1. The molecule has 0 amide bonds. The average Bonchev–Trinajstić information content (AvgIpc) is 2.83. The maximum Gasteiger partial charge on any atom is 0.302 e. The van der Waals surface area contributed by atoms with Crippen molar-refractivity contribution in [2.45, 2.75) is 78.7 Å². The van der Waals surface area contributed by atoms with Crippen LogP contribution in [0.4, 0.5) is 0 Å². The molecule has 0 aliphatic heterocycles. The number of carbonyl (C=O) groups excluding carboxylic acids is 1. The SMILES string of the molecule is CC(=O)O[C@@H]1CC[C@]2(C)C3=CC[C@]4(C)C(C)=CCC4C3CC[C@@H]2C1. The van der Waals surface area contributed by atoms with Gasteiger partial charge in [-0.25, -0.2) is 0 Å². The summed E-state index contributed by atoms with van der Waals surface area (Å²) < 4.78 is 5.55. The van der Waals surface area contributed by atoms with Gasteiger partial charge in [0.25, 0.3) is 0 Å². The lowest BCUT2D eigenvalue weighted by Gasteiger charge is -2.56. The molecule has 2 saturated carbocycles. The Morgan fingerprint density at radius 3 is 2.71 bits per heavy atom. The molecule has 4 aliphatic rings. The number of allylic oxidation sites excluding steroid dienone is 4. The Hall–Kier alpha value is -1.05. The third kappa shape index (κ3) is 2.24. The molecule has 2 fully saturated rings. The molecule has 6 atom stereocenters. The van der Waals surface area contributed by atoms with Crippen molar-refractivity contribution >= 4 is 5.97 Å². The summed E-state index contributed by atoms with van der Waals surface area (Å²) in [7, 11) is 0. The normalized spacial score (nSPS) is 47.0. The van der Waals surface area contributed by atoms with Crippen LogP contribution in [0.5, 0.6) is 0 Å². The molecule has 4 aliphatic carbocycles. The molecule has 0 N–H and O–H groups in total. The van der Waals surface area contributed by atoms with Crippen molar-refractivity contribution in [3.05, 3.63) is 23.3 Å². The first-order chi connectivity index (χ1) is 11.3. The summed E-state index contributed by atoms with van der Waals surface area (Å²) in [4.78, 5) is 11.3. The van der Waals surface area contributed by atoms with Gasteiger partial charge in [-0.1, -0.05) is 37.1 Å². The minimum absolute atomic E-state index is 0.113. The van der Waals surface area contributed by atoms with Gasteiger partial charge in [0.1, 0.15) is 6.10 Å². The highest BCUT2D eigenvalue weighted by Crippen LogP contribution is 2.64. The number of rotatable bonds is 1. The van der Waals surface area contributed by atoms with Gasteiger partial charge in [0.2, 0.25) is 0 Å². The van der Waals surface area contributed by atoms with E-state index in [0.717, 1.165) is 24.7 Å². The first kappa shape index (κ1) is 16.4. The zero-order valence-electron chi connectivity index (χ0n) is 15.7. The molecule has 0 spiro atoms. The quantitative estimate of drug-likeness (QED) is 0.473. The summed E-state index contributed by atoms with van der Waals surface area (Å²) in [5.41, 5.74) is 4.14. The summed E-state index contributed by atoms with van der Waals surface area (Å²) >= 11 is 0. The second-order valence-corrected chi connectivity index (χ2v) is 9.31. The smallest absolute Gasteiger partial charge is 0.302 e. The van der Waals surface area contributed by atoms with E-state index in [-0.39, 0.29) is 12.1 Å². The van der Waals surface area contributed by atoms with Crippen LogP contribution in [0, 0.1) is 28.6 Å². The second kappa shape index (κ2) is 5.47. The standard InChI is InChI=1S/C22H32O2/c1-14-5-8-19-18-7-6-16-13-17(24-15(2)23)9-11-22(16,4)20(18)10-12-21(14,19)3/h5,10,16-19H,6-9,11-13H2,1-4H3/t16-,17-,18?,19?,21-,22+/m1/s1. The Bertz CT molecular complexity index is 615. The Labute approximate surface area is 146 Å². The van der Waals surface area contributed by atoms with Crippen LogP contribution < -0.4 is 0 Å². The molecule has 0 aromatic carbocycles. The predicted molar refractivity (Wildman–Crippen MR) is 96.4 cm³/mol. The van der Waals surface area contributed by atoms with E-state index in [1.165, 1.54) is 32.1 Å². The molecule has 2 nitrogen and oxygen atoms in total. The van der Waals surface area contributed by atoms with Gasteiger partial charge in [-0.3, -0.25) is 4.79 Å². The van der Waals surface area contributed by atoms with Gasteiger partial charge < -0.3 is 4.74 Å². The summed E-state index contributed by atoms with van der Waals surface area (Å²) in [6.07, 6.45) is 13.7. The van der Waals surface area contributed by atoms with Crippen LogP contribution >= 0.6 is 0 Å². The Morgan fingerprint density at radius 2 is 1.96 bits per heavy atom. The van der Waals surface area contributed by atoms with Crippen LogP contribution in [-0.2, 0) is 9.53 Å². The molecule has 2 heteroatoms. The molecular weight excluding hydrogens is 296 g/mol. The van der Waals surface area contributed by atoms with E-state index in [2.05, 4.69) is 32.9 Å². The molecule has 0 aromatic heterocycles. The van der Waals surface area contributed by atoms with E-state index in [0.29, 0.717) is 16.7 Å². The number of hydrogen-bond donors (Lipinski definition) is 0. The van der Waals surface area contributed by atoms with Crippen LogP contribution in [0.15, 0.2) is 23.3 Å². The molecule has 0 saturated heterocycles. The molecule has 24 heavy (non-hydrogen) atoms. The second-order valence-electron chi connectivity index (χ2n) is 9.31. The van der Waals surface area contributed by atoms with Crippen LogP contribution in [0.25, 0.3) is 0 Å². The zero-order valence-corrected chi connectivity index (χ0v) is 15.7. The van der Waals surface area contributed by atoms with Crippen molar-refractivity contribution in [1.82, 2.24) is 0 Å². The minimum Gasteiger partial charge on any atom is -0.463 e. The number of fused-ring (bicyclic) bond motifs is 5. The summed E-state index contributed by atoms with van der Waals surface area (Å²) in [6, 6.07) is 0. The highest BCUT2D eigenvalue weighted by molar-refractivity contribution is 5.66.